The van der Waals surface area contributed by atoms with Crippen LogP contribution < -0.4 is 0 Å². The number of esters is 2. The van der Waals surface area contributed by atoms with Crippen LogP contribution >= 0.6 is 0 Å². The average molecular weight is 905 g/mol. The molecule has 2 fully saturated rings. The first-order chi connectivity index (χ1) is 30.5. The van der Waals surface area contributed by atoms with Crippen molar-refractivity contribution in [3.63, 3.8) is 0 Å². The van der Waals surface area contributed by atoms with E-state index in [0.29, 0.717) is 12.8 Å². The van der Waals surface area contributed by atoms with Crippen molar-refractivity contribution < 1.29 is 73.8 Å². The quantitative estimate of drug-likeness (QED) is 0.0208. The molecule has 0 aromatic rings. The maximum absolute atomic E-state index is 13.0. The number of ether oxygens (including phenoxy) is 6. The number of carbonyl (C=O) groups excluding carboxylic acids is 2. The Morgan fingerprint density at radius 3 is 1.40 bits per heavy atom. The predicted octanol–water partition coefficient (Wildman–Crippen LogP) is 6.21. The molecule has 0 radical (unpaired) electrons. The van der Waals surface area contributed by atoms with Gasteiger partial charge in [0, 0.05) is 12.8 Å². The maximum Gasteiger partial charge on any atom is 0.306 e. The molecule has 2 aliphatic heterocycles. The molecule has 11 atom stereocenters. The molecule has 7 N–H and O–H groups in total. The van der Waals surface area contributed by atoms with Crippen LogP contribution in [0.2, 0.25) is 0 Å². The van der Waals surface area contributed by atoms with Gasteiger partial charge in [-0.3, -0.25) is 9.59 Å². The van der Waals surface area contributed by atoms with Crippen LogP contribution in [0, 0.1) is 0 Å². The van der Waals surface area contributed by atoms with Gasteiger partial charge in [-0.05, 0) is 38.5 Å². The van der Waals surface area contributed by atoms with E-state index >= 15 is 0 Å². The molecular weight excluding hydrogens is 817 g/mol. The minimum Gasteiger partial charge on any atom is -0.462 e. The molecular formula is C48H88O15. The molecule has 0 aromatic carbocycles. The van der Waals surface area contributed by atoms with Gasteiger partial charge < -0.3 is 64.2 Å². The number of hydrogen-bond acceptors (Lipinski definition) is 15. The smallest absolute Gasteiger partial charge is 0.306 e. The number of aliphatic hydroxyl groups excluding tert-OH is 7. The molecule has 0 spiro atoms. The fourth-order valence-corrected chi connectivity index (χ4v) is 7.86. The molecule has 2 rings (SSSR count). The fourth-order valence-electron chi connectivity index (χ4n) is 7.86. The zero-order valence-corrected chi connectivity index (χ0v) is 38.8. The van der Waals surface area contributed by atoms with Gasteiger partial charge in [0.1, 0.15) is 55.4 Å². The van der Waals surface area contributed by atoms with Crippen LogP contribution in [0.5, 0.6) is 0 Å². The van der Waals surface area contributed by atoms with Crippen LogP contribution in [0.4, 0.5) is 0 Å². The Kier molecular flexibility index (Phi) is 33.1. The number of aliphatic hydroxyl groups is 7. The summed E-state index contributed by atoms with van der Waals surface area (Å²) in [6.45, 7) is 2.57. The SMILES string of the molecule is CCCCCCCC/C=C/CCCCCCCCCC(=O)O[C@H](COC(=O)CCCCCCCCCCCC)CO[C@H]1O[C@@H](CO[C@H]2O[C@@H](CO)[C@@H](O)C(O)C2O)[C@@H](O)C(O)C1O. The molecule has 0 aliphatic carbocycles. The van der Waals surface area contributed by atoms with Crippen molar-refractivity contribution in [2.45, 2.75) is 255 Å². The minimum absolute atomic E-state index is 0.164. The van der Waals surface area contributed by atoms with Gasteiger partial charge in [-0.1, -0.05) is 148 Å². The average Bonchev–Trinajstić information content (AvgIpc) is 3.28. The van der Waals surface area contributed by atoms with E-state index in [2.05, 4.69) is 26.0 Å². The fraction of sp³-hybridized carbons (Fsp3) is 0.917. The van der Waals surface area contributed by atoms with Crippen LogP contribution in [-0.4, -0.2) is 142 Å². The number of carbonyl (C=O) groups is 2. The molecule has 0 aromatic heterocycles. The lowest BCUT2D eigenvalue weighted by atomic mass is 9.98. The maximum atomic E-state index is 13.0. The van der Waals surface area contributed by atoms with E-state index in [0.717, 1.165) is 51.4 Å². The summed E-state index contributed by atoms with van der Waals surface area (Å²) in [5, 5.41) is 71.9. The lowest BCUT2D eigenvalue weighted by Crippen LogP contribution is -2.61. The standard InChI is InChI=1S/C48H88O15/c1-3-5-7-9-11-13-15-16-17-18-19-20-21-23-25-27-29-31-40(51)61-36(33-58-39(50)30-28-26-24-22-14-12-10-8-6-4-2)34-59-47-46(57)44(55)42(53)38(63-47)35-60-48-45(56)43(54)41(52)37(32-49)62-48/h16-17,36-38,41-49,52-57H,3-15,18-35H2,1-2H3/b17-16+/t36-,37+,38+,41-,42-,43?,44?,45?,46?,47+,48+/m1/s1. The number of allylic oxidation sites excluding steroid dienone is 2. The van der Waals surface area contributed by atoms with Gasteiger partial charge in [-0.15, -0.1) is 0 Å². The van der Waals surface area contributed by atoms with Crippen molar-refractivity contribution in [3.05, 3.63) is 12.2 Å². The molecule has 15 nitrogen and oxygen atoms in total. The Morgan fingerprint density at radius 1 is 0.492 bits per heavy atom. The molecule has 2 aliphatic rings. The predicted molar refractivity (Wildman–Crippen MR) is 238 cm³/mol. The summed E-state index contributed by atoms with van der Waals surface area (Å²) in [5.41, 5.74) is 0. The van der Waals surface area contributed by atoms with Gasteiger partial charge >= 0.3 is 11.9 Å². The van der Waals surface area contributed by atoms with Gasteiger partial charge in [-0.25, -0.2) is 0 Å². The second-order valence-electron chi connectivity index (χ2n) is 17.6. The minimum atomic E-state index is -1.76. The van der Waals surface area contributed by atoms with Gasteiger partial charge in [0.15, 0.2) is 18.7 Å². The van der Waals surface area contributed by atoms with E-state index < -0.39 is 92.7 Å². The van der Waals surface area contributed by atoms with Gasteiger partial charge in [0.2, 0.25) is 0 Å². The summed E-state index contributed by atoms with van der Waals surface area (Å²) in [5.74, 6) is -0.925. The third-order valence-electron chi connectivity index (χ3n) is 12.0. The Balaban J connectivity index is 1.81. The number of rotatable bonds is 38. The van der Waals surface area contributed by atoms with Crippen LogP contribution in [0.15, 0.2) is 12.2 Å². The second kappa shape index (κ2) is 36.4. The van der Waals surface area contributed by atoms with Gasteiger partial charge in [-0.2, -0.15) is 0 Å². The highest BCUT2D eigenvalue weighted by Gasteiger charge is 2.47. The third kappa shape index (κ3) is 25.1. The Bertz CT molecular complexity index is 1160. The Hall–Kier alpha value is -1.76. The number of unbranched alkanes of at least 4 members (excludes halogenated alkanes) is 22. The summed E-state index contributed by atoms with van der Waals surface area (Å²) >= 11 is 0. The normalized spacial score (nSPS) is 26.9. The summed E-state index contributed by atoms with van der Waals surface area (Å²) < 4.78 is 33.5. The zero-order chi connectivity index (χ0) is 46.1. The van der Waals surface area contributed by atoms with E-state index in [1.807, 2.05) is 0 Å². The largest absolute Gasteiger partial charge is 0.462 e. The van der Waals surface area contributed by atoms with Crippen LogP contribution in [0.25, 0.3) is 0 Å². The summed E-state index contributed by atoms with van der Waals surface area (Å²) in [4.78, 5) is 25.6. The van der Waals surface area contributed by atoms with Crippen molar-refractivity contribution in [3.8, 4) is 0 Å². The zero-order valence-electron chi connectivity index (χ0n) is 38.8. The highest BCUT2D eigenvalue weighted by Crippen LogP contribution is 2.26. The third-order valence-corrected chi connectivity index (χ3v) is 12.0. The van der Waals surface area contributed by atoms with Crippen molar-refractivity contribution in [1.82, 2.24) is 0 Å². The molecule has 0 amide bonds. The lowest BCUT2D eigenvalue weighted by molar-refractivity contribution is -0.332. The monoisotopic (exact) mass is 905 g/mol. The Labute approximate surface area is 378 Å². The molecule has 0 saturated carbocycles. The molecule has 370 valence electrons. The van der Waals surface area contributed by atoms with Crippen LogP contribution in [0.3, 0.4) is 0 Å². The van der Waals surface area contributed by atoms with E-state index in [1.165, 1.54) is 96.3 Å². The molecule has 63 heavy (non-hydrogen) atoms. The van der Waals surface area contributed by atoms with Crippen molar-refractivity contribution in [2.24, 2.45) is 0 Å². The summed E-state index contributed by atoms with van der Waals surface area (Å²) in [6.07, 6.45) is 16.8. The van der Waals surface area contributed by atoms with Crippen molar-refractivity contribution in [1.29, 1.82) is 0 Å². The summed E-state index contributed by atoms with van der Waals surface area (Å²) in [6, 6.07) is 0. The Morgan fingerprint density at radius 2 is 0.905 bits per heavy atom. The topological polar surface area (TPSA) is 231 Å². The van der Waals surface area contributed by atoms with Crippen molar-refractivity contribution in [2.75, 3.05) is 26.4 Å². The number of hydrogen-bond donors (Lipinski definition) is 7. The first-order valence-corrected chi connectivity index (χ1v) is 24.8. The first kappa shape index (κ1) is 57.4. The van der Waals surface area contributed by atoms with Gasteiger partial charge in [0.25, 0.3) is 0 Å². The van der Waals surface area contributed by atoms with E-state index in [4.69, 9.17) is 28.4 Å². The highest BCUT2D eigenvalue weighted by molar-refractivity contribution is 5.70. The molecule has 0 bridgehead atoms. The molecule has 2 saturated heterocycles. The first-order valence-electron chi connectivity index (χ1n) is 24.8. The van der Waals surface area contributed by atoms with Crippen LogP contribution in [0.1, 0.15) is 187 Å². The lowest BCUT2D eigenvalue weighted by Gasteiger charge is -2.42. The molecule has 2 heterocycles. The van der Waals surface area contributed by atoms with Crippen LogP contribution in [-0.2, 0) is 38.0 Å². The van der Waals surface area contributed by atoms with E-state index in [-0.39, 0.29) is 26.1 Å². The molecule has 15 heteroatoms. The van der Waals surface area contributed by atoms with E-state index in [9.17, 15) is 45.3 Å². The molecule has 4 unspecified atom stereocenters. The van der Waals surface area contributed by atoms with E-state index in [1.54, 1.807) is 0 Å². The highest BCUT2D eigenvalue weighted by atomic mass is 16.7. The summed E-state index contributed by atoms with van der Waals surface area (Å²) in [7, 11) is 0. The second-order valence-corrected chi connectivity index (χ2v) is 17.6. The van der Waals surface area contributed by atoms with Crippen molar-refractivity contribution >= 4 is 11.9 Å². The van der Waals surface area contributed by atoms with Gasteiger partial charge in [0.05, 0.1) is 19.8 Å².